The Labute approximate surface area is 124 Å². The van der Waals surface area contributed by atoms with Crippen LogP contribution in [-0.2, 0) is 0 Å². The number of unbranched alkanes of at least 4 members (excludes halogenated alkanes) is 9. The van der Waals surface area contributed by atoms with Gasteiger partial charge in [-0.2, -0.15) is 0 Å². The van der Waals surface area contributed by atoms with Gasteiger partial charge in [0.15, 0.2) is 0 Å². The molecule has 4 heteroatoms. The molecular weight excluding hydrogens is 254 g/mol. The molecule has 0 saturated carbocycles. The summed E-state index contributed by atoms with van der Waals surface area (Å²) in [6.45, 7) is 3.99. The minimum absolute atomic E-state index is 0.341. The first-order valence-electron chi connectivity index (χ1n) is 8.33. The van der Waals surface area contributed by atoms with Crippen LogP contribution in [0.25, 0.3) is 0 Å². The summed E-state index contributed by atoms with van der Waals surface area (Å²) >= 11 is 0. The van der Waals surface area contributed by atoms with Crippen LogP contribution in [0.5, 0.6) is 0 Å². The minimum Gasteiger partial charge on any atom is -0.342 e. The van der Waals surface area contributed by atoms with Crippen LogP contribution >= 0.6 is 0 Å². The normalized spacial score (nSPS) is 15.3. The predicted octanol–water partition coefficient (Wildman–Crippen LogP) is 3.04. The van der Waals surface area contributed by atoms with Gasteiger partial charge in [-0.3, -0.25) is 0 Å². The van der Waals surface area contributed by atoms with E-state index in [0.29, 0.717) is 12.8 Å². The monoisotopic (exact) mass is 289 g/mol. The summed E-state index contributed by atoms with van der Waals surface area (Å²) in [5.41, 5.74) is 4.52. The summed E-state index contributed by atoms with van der Waals surface area (Å²) in [4.78, 5) is 0. The van der Waals surface area contributed by atoms with Crippen molar-refractivity contribution in [2.24, 2.45) is 5.73 Å². The van der Waals surface area contributed by atoms with Gasteiger partial charge in [0.05, 0.1) is 5.54 Å². The van der Waals surface area contributed by atoms with Crippen molar-refractivity contribution in [3.63, 3.8) is 0 Å². The van der Waals surface area contributed by atoms with E-state index in [-0.39, 0.29) is 0 Å². The third kappa shape index (κ3) is 8.20. The highest BCUT2D eigenvalue weighted by Crippen LogP contribution is 2.25. The van der Waals surface area contributed by atoms with Crippen molar-refractivity contribution in [3.05, 3.63) is 0 Å². The molecule has 0 heterocycles. The Bertz CT molecular complexity index is 228. The van der Waals surface area contributed by atoms with Crippen molar-refractivity contribution >= 4 is 0 Å². The molecule has 0 rings (SSSR count). The standard InChI is InChI=1S/C16H35NO3/c1-3-5-6-7-8-9-10-11-12-13-14-15(17,4-2)16(18,19)20/h18-20H,3-14,17H2,1-2H3. The fourth-order valence-corrected chi connectivity index (χ4v) is 2.51. The summed E-state index contributed by atoms with van der Waals surface area (Å²) < 4.78 is 0. The van der Waals surface area contributed by atoms with Crippen LogP contribution < -0.4 is 5.73 Å². The van der Waals surface area contributed by atoms with Crippen molar-refractivity contribution in [3.8, 4) is 0 Å². The molecule has 5 N–H and O–H groups in total. The average molecular weight is 289 g/mol. The molecule has 0 aromatic rings. The average Bonchev–Trinajstić information content (AvgIpc) is 2.39. The molecule has 20 heavy (non-hydrogen) atoms. The summed E-state index contributed by atoms with van der Waals surface area (Å²) in [5.74, 6) is -2.78. The highest BCUT2D eigenvalue weighted by atomic mass is 16.7. The molecule has 0 radical (unpaired) electrons. The second-order valence-electron chi connectivity index (χ2n) is 6.08. The van der Waals surface area contributed by atoms with Crippen molar-refractivity contribution in [2.75, 3.05) is 0 Å². The molecule has 1 atom stereocenters. The fraction of sp³-hybridized carbons (Fsp3) is 1.00. The van der Waals surface area contributed by atoms with Crippen molar-refractivity contribution in [1.29, 1.82) is 0 Å². The largest absolute Gasteiger partial charge is 0.342 e. The lowest BCUT2D eigenvalue weighted by atomic mass is 9.87. The van der Waals surface area contributed by atoms with E-state index in [0.717, 1.165) is 19.3 Å². The third-order valence-electron chi connectivity index (χ3n) is 4.28. The van der Waals surface area contributed by atoms with E-state index in [1.54, 1.807) is 6.92 Å². The first-order valence-corrected chi connectivity index (χ1v) is 8.33. The van der Waals surface area contributed by atoms with Gasteiger partial charge in [0.1, 0.15) is 0 Å². The first kappa shape index (κ1) is 19.8. The number of aliphatic hydroxyl groups is 3. The van der Waals surface area contributed by atoms with E-state index in [9.17, 15) is 15.3 Å². The summed E-state index contributed by atoms with van der Waals surface area (Å²) in [5, 5.41) is 27.8. The van der Waals surface area contributed by atoms with E-state index in [4.69, 9.17) is 5.73 Å². The van der Waals surface area contributed by atoms with Gasteiger partial charge in [0.2, 0.25) is 0 Å². The van der Waals surface area contributed by atoms with Gasteiger partial charge < -0.3 is 21.1 Å². The van der Waals surface area contributed by atoms with Gasteiger partial charge >= 0.3 is 0 Å². The Morgan fingerprint density at radius 2 is 1.10 bits per heavy atom. The molecule has 0 aliphatic heterocycles. The highest BCUT2D eigenvalue weighted by Gasteiger charge is 2.43. The van der Waals surface area contributed by atoms with E-state index in [2.05, 4.69) is 6.92 Å². The quantitative estimate of drug-likeness (QED) is 0.310. The van der Waals surface area contributed by atoms with E-state index >= 15 is 0 Å². The van der Waals surface area contributed by atoms with Crippen LogP contribution in [0.3, 0.4) is 0 Å². The molecule has 0 aromatic heterocycles. The number of rotatable bonds is 13. The zero-order valence-corrected chi connectivity index (χ0v) is 13.4. The molecule has 0 spiro atoms. The maximum absolute atomic E-state index is 9.27. The predicted molar refractivity (Wildman–Crippen MR) is 83.1 cm³/mol. The van der Waals surface area contributed by atoms with Crippen molar-refractivity contribution in [1.82, 2.24) is 0 Å². The maximum Gasteiger partial charge on any atom is 0.294 e. The molecule has 0 aliphatic rings. The molecule has 122 valence electrons. The third-order valence-corrected chi connectivity index (χ3v) is 4.28. The molecule has 4 nitrogen and oxygen atoms in total. The van der Waals surface area contributed by atoms with Gasteiger partial charge in [-0.25, -0.2) is 0 Å². The molecular formula is C16H35NO3. The molecule has 0 saturated heterocycles. The minimum atomic E-state index is -2.78. The lowest BCUT2D eigenvalue weighted by molar-refractivity contribution is -0.350. The highest BCUT2D eigenvalue weighted by molar-refractivity contribution is 4.89. The number of hydrogen-bond donors (Lipinski definition) is 4. The van der Waals surface area contributed by atoms with Gasteiger partial charge in [-0.05, 0) is 12.8 Å². The molecule has 0 fully saturated rings. The molecule has 0 aromatic carbocycles. The Hall–Kier alpha value is -0.160. The van der Waals surface area contributed by atoms with Crippen LogP contribution in [0, 0.1) is 0 Å². The van der Waals surface area contributed by atoms with Crippen LogP contribution in [0.2, 0.25) is 0 Å². The topological polar surface area (TPSA) is 86.7 Å². The smallest absolute Gasteiger partial charge is 0.294 e. The van der Waals surface area contributed by atoms with E-state index in [1.165, 1.54) is 44.9 Å². The summed E-state index contributed by atoms with van der Waals surface area (Å²) in [6.07, 6.45) is 13.0. The van der Waals surface area contributed by atoms with Crippen molar-refractivity contribution < 1.29 is 15.3 Å². The Balaban J connectivity index is 3.52. The van der Waals surface area contributed by atoms with E-state index < -0.39 is 11.5 Å². The maximum atomic E-state index is 9.27. The lowest BCUT2D eigenvalue weighted by Crippen LogP contribution is -2.60. The van der Waals surface area contributed by atoms with Gasteiger partial charge in [0, 0.05) is 0 Å². The Morgan fingerprint density at radius 3 is 1.45 bits per heavy atom. The zero-order chi connectivity index (χ0) is 15.5. The van der Waals surface area contributed by atoms with Crippen molar-refractivity contribution in [2.45, 2.75) is 102 Å². The summed E-state index contributed by atoms with van der Waals surface area (Å²) in [7, 11) is 0. The second kappa shape index (κ2) is 10.6. The van der Waals surface area contributed by atoms with Crippen LogP contribution in [0.1, 0.15) is 90.9 Å². The summed E-state index contributed by atoms with van der Waals surface area (Å²) in [6, 6.07) is 0. The lowest BCUT2D eigenvalue weighted by Gasteiger charge is -2.35. The Morgan fingerprint density at radius 1 is 0.700 bits per heavy atom. The molecule has 0 amide bonds. The molecule has 0 aliphatic carbocycles. The number of hydrogen-bond acceptors (Lipinski definition) is 4. The van der Waals surface area contributed by atoms with E-state index in [1.807, 2.05) is 0 Å². The molecule has 0 bridgehead atoms. The second-order valence-corrected chi connectivity index (χ2v) is 6.08. The Kier molecular flexibility index (Phi) is 10.5. The van der Waals surface area contributed by atoms with Crippen LogP contribution in [0.4, 0.5) is 0 Å². The first-order chi connectivity index (χ1) is 9.37. The SMILES string of the molecule is CCCCCCCCCCCCC(N)(CC)C(O)(O)O. The van der Waals surface area contributed by atoms with Crippen LogP contribution in [0.15, 0.2) is 0 Å². The fourth-order valence-electron chi connectivity index (χ4n) is 2.51. The molecule has 1 unspecified atom stereocenters. The van der Waals surface area contributed by atoms with Gasteiger partial charge in [-0.1, -0.05) is 78.1 Å². The van der Waals surface area contributed by atoms with Gasteiger partial charge in [-0.15, -0.1) is 0 Å². The van der Waals surface area contributed by atoms with Gasteiger partial charge in [0.25, 0.3) is 5.97 Å². The van der Waals surface area contributed by atoms with Crippen LogP contribution in [-0.4, -0.2) is 26.8 Å². The zero-order valence-electron chi connectivity index (χ0n) is 13.4. The number of nitrogens with two attached hydrogens (primary N) is 1.